The highest BCUT2D eigenvalue weighted by molar-refractivity contribution is 7.26. The molecule has 7 heteroatoms. The lowest BCUT2D eigenvalue weighted by Crippen LogP contribution is -2.01. The van der Waals surface area contributed by atoms with Crippen LogP contribution in [-0.2, 0) is 0 Å². The summed E-state index contributed by atoms with van der Waals surface area (Å²) < 4.78 is 3.64. The van der Waals surface area contributed by atoms with Crippen LogP contribution in [0.1, 0.15) is 16.0 Å². The molecule has 0 spiro atoms. The molecule has 10 aromatic rings. The van der Waals surface area contributed by atoms with Gasteiger partial charge in [-0.2, -0.15) is 0 Å². The number of fused-ring (bicyclic) bond motifs is 4. The maximum atomic E-state index is 8.27. The van der Waals surface area contributed by atoms with Gasteiger partial charge in [-0.15, -0.1) is 22.7 Å². The van der Waals surface area contributed by atoms with E-state index >= 15 is 0 Å². The number of aromatic nitrogens is 3. The first kappa shape index (κ1) is 34.9. The fourth-order valence-electron chi connectivity index (χ4n) is 6.90. The zero-order chi connectivity index (χ0) is 38.0. The van der Waals surface area contributed by atoms with Crippen LogP contribution in [0.5, 0.6) is 0 Å². The van der Waals surface area contributed by atoms with E-state index in [0.29, 0.717) is 28.9 Å². The summed E-state index contributed by atoms with van der Waals surface area (Å²) in [6.07, 6.45) is 0. The summed E-state index contributed by atoms with van der Waals surface area (Å²) in [5, 5.41) is 11.8. The number of nitrogens with one attached hydrogen (secondary N) is 1. The third-order valence-corrected chi connectivity index (χ3v) is 12.1. The normalized spacial score (nSPS) is 11.1. The average molecular weight is 758 g/mol. The minimum atomic E-state index is 0.495. The Morgan fingerprint density at radius 2 is 1.02 bits per heavy atom. The number of nitrogens with two attached hydrogens (primary N) is 1. The first-order valence-corrected chi connectivity index (χ1v) is 19.9. The van der Waals surface area contributed by atoms with E-state index in [0.717, 1.165) is 42.8 Å². The number of thiophene rings is 2. The van der Waals surface area contributed by atoms with Crippen LogP contribution in [0.15, 0.2) is 176 Å². The van der Waals surface area contributed by atoms with Crippen molar-refractivity contribution in [2.24, 2.45) is 0 Å². The van der Waals surface area contributed by atoms with E-state index in [2.05, 4.69) is 91.9 Å². The number of nitrogens with zero attached hydrogens (tertiary/aromatic N) is 3. The van der Waals surface area contributed by atoms with Crippen molar-refractivity contribution < 1.29 is 0 Å². The molecule has 0 unspecified atom stereocenters. The SMILES string of the molecule is Cc1ccc2sc3cccc(-c4nc(-c5ccccc5)nc(-c5ccc(-c6ccccc6)cc5)n4)c3c2c1.N=C(c1ccccc1)c1sc2ccccc2c1N. The highest BCUT2D eigenvalue weighted by atomic mass is 32.1. The second-order valence-corrected chi connectivity index (χ2v) is 15.6. The molecule has 0 saturated carbocycles. The average Bonchev–Trinajstić information content (AvgIpc) is 3.81. The highest BCUT2D eigenvalue weighted by Gasteiger charge is 2.18. The molecule has 0 radical (unpaired) electrons. The fraction of sp³-hybridized carbons (Fsp3) is 0.0204. The van der Waals surface area contributed by atoms with Crippen LogP contribution in [0.25, 0.3) is 75.5 Å². The zero-order valence-electron chi connectivity index (χ0n) is 30.5. The van der Waals surface area contributed by atoms with Gasteiger partial charge in [-0.1, -0.05) is 157 Å². The Kier molecular flexibility index (Phi) is 9.45. The summed E-state index contributed by atoms with van der Waals surface area (Å²) in [4.78, 5) is 15.8. The van der Waals surface area contributed by atoms with Crippen molar-refractivity contribution in [1.29, 1.82) is 5.41 Å². The van der Waals surface area contributed by atoms with Crippen LogP contribution < -0.4 is 5.73 Å². The molecule has 56 heavy (non-hydrogen) atoms. The molecular weight excluding hydrogens is 723 g/mol. The maximum Gasteiger partial charge on any atom is 0.164 e. The summed E-state index contributed by atoms with van der Waals surface area (Å²) >= 11 is 3.39. The van der Waals surface area contributed by atoms with Gasteiger partial charge >= 0.3 is 0 Å². The van der Waals surface area contributed by atoms with Crippen molar-refractivity contribution in [3.63, 3.8) is 0 Å². The quantitative estimate of drug-likeness (QED) is 0.165. The van der Waals surface area contributed by atoms with Crippen LogP contribution in [0.3, 0.4) is 0 Å². The topological polar surface area (TPSA) is 88.5 Å². The second kappa shape index (κ2) is 15.1. The summed E-state index contributed by atoms with van der Waals surface area (Å²) in [5.74, 6) is 2.03. The van der Waals surface area contributed by atoms with Crippen LogP contribution in [0, 0.1) is 12.3 Å². The number of aryl methyl sites for hydroxylation is 1. The summed E-state index contributed by atoms with van der Waals surface area (Å²) in [7, 11) is 0. The lowest BCUT2D eigenvalue weighted by atomic mass is 10.0. The van der Waals surface area contributed by atoms with Gasteiger partial charge in [0.15, 0.2) is 17.5 Å². The van der Waals surface area contributed by atoms with Crippen LogP contribution in [0.2, 0.25) is 0 Å². The Labute approximate surface area is 333 Å². The van der Waals surface area contributed by atoms with Gasteiger partial charge in [0.25, 0.3) is 0 Å². The van der Waals surface area contributed by atoms with Crippen molar-refractivity contribution in [2.45, 2.75) is 6.92 Å². The molecule has 0 fully saturated rings. The number of rotatable bonds is 6. The largest absolute Gasteiger partial charge is 0.397 e. The Bertz CT molecular complexity index is 2990. The molecule has 0 aliphatic heterocycles. The summed E-state index contributed by atoms with van der Waals surface area (Å²) in [6.45, 7) is 2.14. The number of nitrogen functional groups attached to an aromatic ring is 1. The third-order valence-electron chi connectivity index (χ3n) is 9.73. The molecule has 0 saturated heterocycles. The molecule has 0 aliphatic carbocycles. The third kappa shape index (κ3) is 6.86. The standard InChI is InChI=1S/C34H23N3S.C15H12N2S/c1-22-15-20-29-28(21-22)31-27(13-8-14-30(31)38-29)34-36-32(25-11-6-3-7-12-25)35-33(37-34)26-18-16-24(17-19-26)23-9-4-2-5-10-23;16-13(10-6-2-1-3-7-10)15-14(17)11-8-4-5-9-12(11)18-15/h2-21H,1H3;1-9,16H,17H2. The van der Waals surface area contributed by atoms with Crippen molar-refractivity contribution in [3.05, 3.63) is 192 Å². The van der Waals surface area contributed by atoms with E-state index < -0.39 is 0 Å². The van der Waals surface area contributed by atoms with E-state index in [1.807, 2.05) is 102 Å². The lowest BCUT2D eigenvalue weighted by molar-refractivity contribution is 1.08. The molecule has 0 aliphatic rings. The monoisotopic (exact) mass is 757 g/mol. The predicted molar refractivity (Wildman–Crippen MR) is 238 cm³/mol. The fourth-order valence-corrected chi connectivity index (χ4v) is 9.11. The van der Waals surface area contributed by atoms with E-state index in [1.165, 1.54) is 31.3 Å². The number of anilines is 1. The first-order valence-electron chi connectivity index (χ1n) is 18.3. The molecule has 3 heterocycles. The van der Waals surface area contributed by atoms with Crippen molar-refractivity contribution in [1.82, 2.24) is 15.0 Å². The van der Waals surface area contributed by atoms with Crippen molar-refractivity contribution in [2.75, 3.05) is 5.73 Å². The van der Waals surface area contributed by atoms with Gasteiger partial charge in [-0.05, 0) is 42.3 Å². The molecule has 268 valence electrons. The molecule has 0 amide bonds. The van der Waals surface area contributed by atoms with E-state index in [-0.39, 0.29) is 0 Å². The van der Waals surface area contributed by atoms with Gasteiger partial charge in [-0.3, -0.25) is 5.41 Å². The van der Waals surface area contributed by atoms with Gasteiger partial charge in [0.1, 0.15) is 0 Å². The Morgan fingerprint density at radius 3 is 1.71 bits per heavy atom. The molecule has 0 bridgehead atoms. The van der Waals surface area contributed by atoms with Gasteiger partial charge in [0.05, 0.1) is 16.3 Å². The molecule has 0 atom stereocenters. The first-order chi connectivity index (χ1) is 27.5. The lowest BCUT2D eigenvalue weighted by Gasteiger charge is -2.10. The minimum absolute atomic E-state index is 0.495. The smallest absolute Gasteiger partial charge is 0.164 e. The number of hydrogen-bond donors (Lipinski definition) is 2. The summed E-state index contributed by atoms with van der Waals surface area (Å²) in [5.41, 5.74) is 14.8. The van der Waals surface area contributed by atoms with Gasteiger partial charge in [0.2, 0.25) is 0 Å². The van der Waals surface area contributed by atoms with Crippen molar-refractivity contribution >= 4 is 64.3 Å². The van der Waals surface area contributed by atoms with Crippen LogP contribution >= 0.6 is 22.7 Å². The van der Waals surface area contributed by atoms with Gasteiger partial charge in [0, 0.05) is 52.5 Å². The van der Waals surface area contributed by atoms with Crippen LogP contribution in [-0.4, -0.2) is 20.7 Å². The maximum absolute atomic E-state index is 8.27. The van der Waals surface area contributed by atoms with E-state index in [1.54, 1.807) is 11.3 Å². The van der Waals surface area contributed by atoms with E-state index in [4.69, 9.17) is 26.1 Å². The van der Waals surface area contributed by atoms with Crippen LogP contribution in [0.4, 0.5) is 5.69 Å². The molecule has 5 nitrogen and oxygen atoms in total. The molecule has 3 aromatic heterocycles. The number of hydrogen-bond acceptors (Lipinski definition) is 7. The highest BCUT2D eigenvalue weighted by Crippen LogP contribution is 2.40. The van der Waals surface area contributed by atoms with Gasteiger partial charge < -0.3 is 5.73 Å². The predicted octanol–water partition coefficient (Wildman–Crippen LogP) is 13.1. The Hall–Kier alpha value is -6.80. The van der Waals surface area contributed by atoms with Gasteiger partial charge in [-0.25, -0.2) is 15.0 Å². The second-order valence-electron chi connectivity index (χ2n) is 13.5. The molecular formula is C49H35N5S2. The van der Waals surface area contributed by atoms with E-state index in [9.17, 15) is 0 Å². The Balaban J connectivity index is 0.000000190. The summed E-state index contributed by atoms with van der Waals surface area (Å²) in [6, 6.07) is 59.8. The zero-order valence-corrected chi connectivity index (χ0v) is 32.1. The van der Waals surface area contributed by atoms with Crippen molar-refractivity contribution in [3.8, 4) is 45.3 Å². The Morgan fingerprint density at radius 1 is 0.482 bits per heavy atom. The molecule has 7 aromatic carbocycles. The molecule has 3 N–H and O–H groups in total. The molecule has 10 rings (SSSR count). The number of benzene rings is 7. The minimum Gasteiger partial charge on any atom is -0.397 e.